The van der Waals surface area contributed by atoms with Gasteiger partial charge in [0.25, 0.3) is 0 Å². The molecule has 0 saturated heterocycles. The topological polar surface area (TPSA) is 101 Å². The molecule has 27 heavy (non-hydrogen) atoms. The molecule has 0 fully saturated rings. The van der Waals surface area contributed by atoms with Crippen LogP contribution < -0.4 is 16.7 Å². The molecule has 2 aliphatic rings. The average molecular weight is 381 g/mol. The maximum Gasteiger partial charge on any atom is 0.249 e. The Morgan fingerprint density at radius 3 is 2.89 bits per heavy atom. The highest BCUT2D eigenvalue weighted by Crippen LogP contribution is 2.44. The molecular weight excluding hydrogens is 362 g/mol. The highest BCUT2D eigenvalue weighted by atomic mass is 32.2. The SMILES string of the molecule is Cn1cnnc1SC1(N2NNC=C2c2ccccc2C(N)=O)C=CC=CC1. The average Bonchev–Trinajstić information content (AvgIpc) is 3.32. The second-order valence-electron chi connectivity index (χ2n) is 6.19. The molecule has 9 heteroatoms. The van der Waals surface area contributed by atoms with E-state index in [1.54, 1.807) is 30.2 Å². The number of hydrogen-bond acceptors (Lipinski definition) is 7. The third-order valence-electron chi connectivity index (χ3n) is 4.43. The largest absolute Gasteiger partial charge is 0.366 e. The zero-order chi connectivity index (χ0) is 18.9. The molecule has 4 N–H and O–H groups in total. The van der Waals surface area contributed by atoms with Gasteiger partial charge in [-0.15, -0.1) is 15.7 Å². The Morgan fingerprint density at radius 2 is 2.19 bits per heavy atom. The number of amides is 1. The zero-order valence-electron chi connectivity index (χ0n) is 14.7. The van der Waals surface area contributed by atoms with Crippen LogP contribution in [0.3, 0.4) is 0 Å². The first-order valence-corrected chi connectivity index (χ1v) is 9.20. The molecule has 1 atom stereocenters. The fourth-order valence-electron chi connectivity index (χ4n) is 3.11. The summed E-state index contributed by atoms with van der Waals surface area (Å²) in [7, 11) is 1.91. The van der Waals surface area contributed by atoms with E-state index in [0.29, 0.717) is 5.56 Å². The second-order valence-corrected chi connectivity index (χ2v) is 7.47. The Bertz CT molecular complexity index is 964. The van der Waals surface area contributed by atoms with Gasteiger partial charge in [-0.1, -0.05) is 48.2 Å². The number of nitrogens with one attached hydrogen (secondary N) is 2. The molecule has 1 amide bonds. The van der Waals surface area contributed by atoms with Gasteiger partial charge < -0.3 is 15.7 Å². The van der Waals surface area contributed by atoms with Gasteiger partial charge in [0.2, 0.25) is 5.91 Å². The van der Waals surface area contributed by atoms with Crippen LogP contribution in [0.15, 0.2) is 66.3 Å². The van der Waals surface area contributed by atoms with Crippen LogP contribution in [0.2, 0.25) is 0 Å². The lowest BCUT2D eigenvalue weighted by molar-refractivity contribution is 0.0999. The van der Waals surface area contributed by atoms with Gasteiger partial charge in [0.05, 0.1) is 5.70 Å². The molecule has 8 nitrogen and oxygen atoms in total. The van der Waals surface area contributed by atoms with Crippen LogP contribution in [0.1, 0.15) is 22.3 Å². The van der Waals surface area contributed by atoms with E-state index in [-0.39, 0.29) is 0 Å². The summed E-state index contributed by atoms with van der Waals surface area (Å²) in [5.41, 5.74) is 13.9. The second kappa shape index (κ2) is 6.93. The number of aryl methyl sites for hydroxylation is 1. The van der Waals surface area contributed by atoms with Crippen molar-refractivity contribution in [1.29, 1.82) is 0 Å². The van der Waals surface area contributed by atoms with E-state index in [2.05, 4.69) is 33.3 Å². The van der Waals surface area contributed by atoms with Crippen molar-refractivity contribution in [2.75, 3.05) is 0 Å². The number of hydrazine groups is 2. The first-order chi connectivity index (χ1) is 13.1. The van der Waals surface area contributed by atoms with Crippen LogP contribution in [0, 0.1) is 0 Å². The standard InChI is InChI=1S/C18H19N7OS/c1-24-12-21-22-17(24)27-18(9-5-2-6-10-18)25-15(11-20-23-25)13-7-3-4-8-14(13)16(19)26/h2-9,11-12,20,23H,10H2,1H3,(H2,19,26). The van der Waals surface area contributed by atoms with Crippen LogP contribution in [-0.4, -0.2) is 30.6 Å². The lowest BCUT2D eigenvalue weighted by atomic mass is 10.0. The number of rotatable bonds is 5. The Kier molecular flexibility index (Phi) is 4.46. The minimum Gasteiger partial charge on any atom is -0.366 e. The van der Waals surface area contributed by atoms with E-state index < -0.39 is 10.8 Å². The highest BCUT2D eigenvalue weighted by Gasteiger charge is 2.41. The van der Waals surface area contributed by atoms with E-state index in [1.807, 2.05) is 47.1 Å². The van der Waals surface area contributed by atoms with Crippen molar-refractivity contribution < 1.29 is 4.79 Å². The van der Waals surface area contributed by atoms with Crippen molar-refractivity contribution >= 4 is 23.4 Å². The molecule has 0 spiro atoms. The molecule has 4 rings (SSSR count). The Labute approximate surface area is 160 Å². The van der Waals surface area contributed by atoms with Crippen LogP contribution >= 0.6 is 11.8 Å². The van der Waals surface area contributed by atoms with Gasteiger partial charge in [0.15, 0.2) is 5.16 Å². The van der Waals surface area contributed by atoms with Crippen molar-refractivity contribution in [3.8, 4) is 0 Å². The van der Waals surface area contributed by atoms with Crippen molar-refractivity contribution in [2.45, 2.75) is 16.4 Å². The van der Waals surface area contributed by atoms with Crippen LogP contribution in [0.5, 0.6) is 0 Å². The lowest BCUT2D eigenvalue weighted by Crippen LogP contribution is -2.51. The third kappa shape index (κ3) is 3.11. The molecule has 1 unspecified atom stereocenters. The van der Waals surface area contributed by atoms with Crippen molar-refractivity contribution in [3.05, 3.63) is 72.2 Å². The molecule has 2 aromatic rings. The molecular formula is C18H19N7OS. The smallest absolute Gasteiger partial charge is 0.249 e. The summed E-state index contributed by atoms with van der Waals surface area (Å²) < 4.78 is 1.88. The van der Waals surface area contributed by atoms with Crippen LogP contribution in [-0.2, 0) is 7.05 Å². The predicted octanol–water partition coefficient (Wildman–Crippen LogP) is 1.54. The zero-order valence-corrected chi connectivity index (χ0v) is 15.5. The summed E-state index contributed by atoms with van der Waals surface area (Å²) >= 11 is 1.57. The summed E-state index contributed by atoms with van der Waals surface area (Å²) in [5, 5.41) is 11.0. The van der Waals surface area contributed by atoms with E-state index in [1.165, 1.54) is 0 Å². The number of aromatic nitrogens is 3. The monoisotopic (exact) mass is 381 g/mol. The summed E-state index contributed by atoms with van der Waals surface area (Å²) in [5.74, 6) is -0.465. The predicted molar refractivity (Wildman–Crippen MR) is 104 cm³/mol. The molecule has 1 aliphatic heterocycles. The molecule has 0 bridgehead atoms. The van der Waals surface area contributed by atoms with E-state index in [0.717, 1.165) is 22.8 Å². The molecule has 0 radical (unpaired) electrons. The highest BCUT2D eigenvalue weighted by molar-refractivity contribution is 8.00. The van der Waals surface area contributed by atoms with Crippen LogP contribution in [0.4, 0.5) is 0 Å². The number of carbonyl (C=O) groups is 1. The van der Waals surface area contributed by atoms with Crippen molar-refractivity contribution in [3.63, 3.8) is 0 Å². The summed E-state index contributed by atoms with van der Waals surface area (Å²) in [4.78, 5) is 11.4. The Morgan fingerprint density at radius 1 is 1.33 bits per heavy atom. The van der Waals surface area contributed by atoms with E-state index in [9.17, 15) is 4.79 Å². The molecule has 0 saturated carbocycles. The van der Waals surface area contributed by atoms with Crippen molar-refractivity contribution in [2.24, 2.45) is 12.8 Å². The van der Waals surface area contributed by atoms with Crippen LogP contribution in [0.25, 0.3) is 5.70 Å². The Balaban J connectivity index is 1.76. The summed E-state index contributed by atoms with van der Waals surface area (Å²) in [6.07, 6.45) is 12.4. The number of primary amides is 1. The first-order valence-electron chi connectivity index (χ1n) is 8.39. The van der Waals surface area contributed by atoms with Gasteiger partial charge in [-0.3, -0.25) is 9.80 Å². The number of benzene rings is 1. The number of allylic oxidation sites excluding steroid dienone is 2. The van der Waals surface area contributed by atoms with E-state index in [4.69, 9.17) is 5.73 Å². The minimum absolute atomic E-state index is 0.465. The summed E-state index contributed by atoms with van der Waals surface area (Å²) in [6.45, 7) is 0. The maximum atomic E-state index is 11.9. The Hall–Kier alpha value is -3.04. The van der Waals surface area contributed by atoms with Gasteiger partial charge in [-0.05, 0) is 12.1 Å². The number of hydrogen-bond donors (Lipinski definition) is 3. The third-order valence-corrected chi connectivity index (χ3v) is 5.82. The quantitative estimate of drug-likeness (QED) is 0.722. The van der Waals surface area contributed by atoms with Crippen molar-refractivity contribution in [1.82, 2.24) is 30.7 Å². The fraction of sp³-hybridized carbons (Fsp3) is 0.167. The van der Waals surface area contributed by atoms with Gasteiger partial charge in [0.1, 0.15) is 11.2 Å². The number of thioether (sulfide) groups is 1. The first kappa shape index (κ1) is 17.4. The molecule has 138 valence electrons. The van der Waals surface area contributed by atoms with Gasteiger partial charge >= 0.3 is 0 Å². The number of nitrogens with zero attached hydrogens (tertiary/aromatic N) is 4. The molecule has 1 aromatic heterocycles. The number of carbonyl (C=O) groups excluding carboxylic acids is 1. The summed E-state index contributed by atoms with van der Waals surface area (Å²) in [6, 6.07) is 7.31. The maximum absolute atomic E-state index is 11.9. The normalized spacial score (nSPS) is 21.2. The molecule has 1 aromatic carbocycles. The van der Waals surface area contributed by atoms with Gasteiger partial charge in [-0.25, -0.2) is 0 Å². The lowest BCUT2D eigenvalue weighted by Gasteiger charge is -2.41. The van der Waals surface area contributed by atoms with Gasteiger partial charge in [0, 0.05) is 30.8 Å². The van der Waals surface area contributed by atoms with Gasteiger partial charge in [-0.2, -0.15) is 0 Å². The minimum atomic E-state index is -0.504. The fourth-order valence-corrected chi connectivity index (χ4v) is 4.26. The molecule has 1 aliphatic carbocycles. The molecule has 2 heterocycles. The number of nitrogens with two attached hydrogens (primary N) is 1. The van der Waals surface area contributed by atoms with E-state index >= 15 is 0 Å².